The number of carbonyl (C=O) groups excluding carboxylic acids is 1. The maximum Gasteiger partial charge on any atom is 0.264 e. The molecule has 142 valence electrons. The number of rotatable bonds is 4. The summed E-state index contributed by atoms with van der Waals surface area (Å²) in [5.74, 6) is -0.138. The van der Waals surface area contributed by atoms with E-state index in [1.165, 1.54) is 0 Å². The van der Waals surface area contributed by atoms with Crippen LogP contribution in [-0.4, -0.2) is 31.3 Å². The monoisotopic (exact) mass is 391 g/mol. The zero-order chi connectivity index (χ0) is 19.7. The Morgan fingerprint density at radius 2 is 2.11 bits per heavy atom. The van der Waals surface area contributed by atoms with Crippen molar-refractivity contribution in [3.63, 3.8) is 0 Å². The van der Waals surface area contributed by atoms with E-state index >= 15 is 0 Å². The smallest absolute Gasteiger partial charge is 0.264 e. The number of thiophene rings is 1. The Balaban J connectivity index is 1.96. The topological polar surface area (TPSA) is 65.1 Å². The Morgan fingerprint density at radius 1 is 1.25 bits per heavy atom. The van der Waals surface area contributed by atoms with Gasteiger partial charge in [0, 0.05) is 18.8 Å². The van der Waals surface area contributed by atoms with Crippen LogP contribution < -0.4 is 5.49 Å². The first-order chi connectivity index (χ1) is 13.6. The summed E-state index contributed by atoms with van der Waals surface area (Å²) in [5.41, 5.74) is 2.70. The maximum absolute atomic E-state index is 13.5. The van der Waals surface area contributed by atoms with Gasteiger partial charge in [0.05, 0.1) is 27.7 Å². The van der Waals surface area contributed by atoms with Crippen molar-refractivity contribution in [1.82, 2.24) is 19.3 Å². The zero-order valence-corrected chi connectivity index (χ0v) is 16.8. The molecule has 0 fully saturated rings. The molecule has 7 heteroatoms. The first-order valence-electron chi connectivity index (χ1n) is 9.25. The van der Waals surface area contributed by atoms with Gasteiger partial charge >= 0.3 is 0 Å². The van der Waals surface area contributed by atoms with Gasteiger partial charge in [-0.3, -0.25) is 14.4 Å². The lowest BCUT2D eigenvalue weighted by Crippen LogP contribution is -2.28. The van der Waals surface area contributed by atoms with Crippen molar-refractivity contribution in [2.45, 2.75) is 33.4 Å². The average Bonchev–Trinajstić information content (AvgIpc) is 3.36. The largest absolute Gasteiger partial charge is 0.268 e. The summed E-state index contributed by atoms with van der Waals surface area (Å²) in [5, 5.41) is 7.17. The number of hydrogen-bond acceptors (Lipinski definition) is 5. The highest BCUT2D eigenvalue weighted by Crippen LogP contribution is 2.28. The number of nitrogens with zero attached hydrogens (tertiary/aromatic N) is 5. The molecule has 0 bridgehead atoms. The van der Waals surface area contributed by atoms with Crippen molar-refractivity contribution in [3.05, 3.63) is 65.2 Å². The summed E-state index contributed by atoms with van der Waals surface area (Å²) in [4.78, 5) is 23.9. The van der Waals surface area contributed by atoms with E-state index < -0.39 is 0 Å². The second-order valence-electron chi connectivity index (χ2n) is 6.69. The van der Waals surface area contributed by atoms with E-state index in [1.807, 2.05) is 67.2 Å². The van der Waals surface area contributed by atoms with Crippen LogP contribution in [0.5, 0.6) is 0 Å². The number of pyridine rings is 2. The minimum Gasteiger partial charge on any atom is -0.268 e. The van der Waals surface area contributed by atoms with Gasteiger partial charge in [0.15, 0.2) is 5.65 Å². The van der Waals surface area contributed by atoms with Crippen LogP contribution in [-0.2, 0) is 6.54 Å². The van der Waals surface area contributed by atoms with Gasteiger partial charge < -0.3 is 0 Å². The summed E-state index contributed by atoms with van der Waals surface area (Å²) in [6, 6.07) is 11.5. The molecule has 0 saturated carbocycles. The van der Waals surface area contributed by atoms with Crippen LogP contribution in [0.4, 0.5) is 0 Å². The van der Waals surface area contributed by atoms with E-state index in [0.29, 0.717) is 17.6 Å². The fourth-order valence-corrected chi connectivity index (χ4v) is 3.80. The number of aryl methyl sites for hydroxylation is 1. The molecule has 0 aliphatic rings. The minimum absolute atomic E-state index is 0.0865. The van der Waals surface area contributed by atoms with Gasteiger partial charge in [-0.25, -0.2) is 9.67 Å². The Bertz CT molecular complexity index is 1200. The standard InChI is InChI=1S/C21H21N5OS/c1-4-26-20-16(13-22-26)15(12-17(24-20)18-8-7-11-28-18)21(27)25-10-6-5-9-19(25)23-14(2)3/h5-14H,4H2,1-3H3. The third-order valence-corrected chi connectivity index (χ3v) is 5.25. The van der Waals surface area contributed by atoms with E-state index in [0.717, 1.165) is 21.6 Å². The zero-order valence-electron chi connectivity index (χ0n) is 16.0. The molecule has 4 heterocycles. The molecule has 0 aliphatic carbocycles. The third kappa shape index (κ3) is 3.29. The van der Waals surface area contributed by atoms with Crippen LogP contribution in [0.15, 0.2) is 59.2 Å². The van der Waals surface area contributed by atoms with E-state index in [9.17, 15) is 4.79 Å². The Hall–Kier alpha value is -3.06. The molecule has 0 N–H and O–H groups in total. The van der Waals surface area contributed by atoms with Crippen molar-refractivity contribution in [1.29, 1.82) is 0 Å². The van der Waals surface area contributed by atoms with E-state index in [-0.39, 0.29) is 11.9 Å². The fourth-order valence-electron chi connectivity index (χ4n) is 3.11. The predicted molar refractivity (Wildman–Crippen MR) is 111 cm³/mol. The van der Waals surface area contributed by atoms with Gasteiger partial charge in [0.2, 0.25) is 0 Å². The lowest BCUT2D eigenvalue weighted by molar-refractivity contribution is 0.0956. The molecule has 28 heavy (non-hydrogen) atoms. The lowest BCUT2D eigenvalue weighted by atomic mass is 10.1. The van der Waals surface area contributed by atoms with Gasteiger partial charge in [-0.2, -0.15) is 5.10 Å². The SMILES string of the molecule is CCn1ncc2c(C(=O)n3ccccc3=NC(C)C)cc(-c3cccs3)nc21. The molecular weight excluding hydrogens is 370 g/mol. The molecule has 0 amide bonds. The first-order valence-corrected chi connectivity index (χ1v) is 10.1. The summed E-state index contributed by atoms with van der Waals surface area (Å²) < 4.78 is 3.41. The molecule has 4 rings (SSSR count). The minimum atomic E-state index is -0.138. The average molecular weight is 392 g/mol. The van der Waals surface area contributed by atoms with Crippen LogP contribution >= 0.6 is 11.3 Å². The van der Waals surface area contributed by atoms with E-state index in [1.54, 1.807) is 28.3 Å². The molecule has 0 radical (unpaired) electrons. The molecule has 0 spiro atoms. The van der Waals surface area contributed by atoms with Crippen LogP contribution in [0, 0.1) is 0 Å². The Labute approximate surface area is 166 Å². The lowest BCUT2D eigenvalue weighted by Gasteiger charge is -2.10. The summed E-state index contributed by atoms with van der Waals surface area (Å²) in [7, 11) is 0. The molecule has 0 aromatic carbocycles. The van der Waals surface area contributed by atoms with Gasteiger partial charge in [-0.15, -0.1) is 11.3 Å². The predicted octanol–water partition coefficient (Wildman–Crippen LogP) is 3.98. The molecule has 4 aromatic rings. The molecular formula is C21H21N5OS. The van der Waals surface area contributed by atoms with Crippen molar-refractivity contribution in [2.75, 3.05) is 0 Å². The highest BCUT2D eigenvalue weighted by molar-refractivity contribution is 7.13. The molecule has 0 atom stereocenters. The summed E-state index contributed by atoms with van der Waals surface area (Å²) >= 11 is 1.60. The summed E-state index contributed by atoms with van der Waals surface area (Å²) in [6.45, 7) is 6.68. The normalized spacial score (nSPS) is 12.2. The highest BCUT2D eigenvalue weighted by atomic mass is 32.1. The van der Waals surface area contributed by atoms with Crippen LogP contribution in [0.2, 0.25) is 0 Å². The maximum atomic E-state index is 13.5. The van der Waals surface area contributed by atoms with Crippen LogP contribution in [0.25, 0.3) is 21.6 Å². The number of carbonyl (C=O) groups is 1. The van der Waals surface area contributed by atoms with E-state index in [2.05, 4.69) is 10.1 Å². The number of aromatic nitrogens is 4. The Kier molecular flexibility index (Phi) is 4.92. The molecule has 0 unspecified atom stereocenters. The van der Waals surface area contributed by atoms with Gasteiger partial charge in [-0.1, -0.05) is 12.1 Å². The molecule has 0 saturated heterocycles. The van der Waals surface area contributed by atoms with Crippen molar-refractivity contribution in [3.8, 4) is 10.6 Å². The van der Waals surface area contributed by atoms with Crippen LogP contribution in [0.3, 0.4) is 0 Å². The number of fused-ring (bicyclic) bond motifs is 1. The van der Waals surface area contributed by atoms with Crippen LogP contribution in [0.1, 0.15) is 31.1 Å². The fraction of sp³-hybridized carbons (Fsp3) is 0.238. The van der Waals surface area contributed by atoms with Gasteiger partial charge in [0.1, 0.15) is 5.49 Å². The molecule has 6 nitrogen and oxygen atoms in total. The van der Waals surface area contributed by atoms with E-state index in [4.69, 9.17) is 4.98 Å². The summed E-state index contributed by atoms with van der Waals surface area (Å²) in [6.07, 6.45) is 3.48. The second kappa shape index (κ2) is 7.52. The second-order valence-corrected chi connectivity index (χ2v) is 7.63. The first kappa shape index (κ1) is 18.3. The van der Waals surface area contributed by atoms with Crippen molar-refractivity contribution >= 4 is 28.3 Å². The van der Waals surface area contributed by atoms with Gasteiger partial charge in [-0.05, 0) is 50.4 Å². The molecule has 4 aromatic heterocycles. The van der Waals surface area contributed by atoms with Crippen molar-refractivity contribution in [2.24, 2.45) is 4.99 Å². The van der Waals surface area contributed by atoms with Crippen molar-refractivity contribution < 1.29 is 4.79 Å². The Morgan fingerprint density at radius 3 is 2.82 bits per heavy atom. The van der Waals surface area contributed by atoms with Gasteiger partial charge in [0.25, 0.3) is 5.91 Å². The quantitative estimate of drug-likeness (QED) is 0.529. The number of hydrogen-bond donors (Lipinski definition) is 0. The highest BCUT2D eigenvalue weighted by Gasteiger charge is 2.19. The molecule has 0 aliphatic heterocycles. The third-order valence-electron chi connectivity index (χ3n) is 4.36.